The number of rotatable bonds is 3. The number of aromatic amines is 1. The maximum absolute atomic E-state index is 13.3. The Hall–Kier alpha value is -2.31. The number of hydrogen-bond acceptors (Lipinski definition) is 2. The number of nitrogens with zero attached hydrogens (tertiary/aromatic N) is 1. The second-order valence-corrected chi connectivity index (χ2v) is 3.95. The number of benzene rings is 1. The van der Waals surface area contributed by atoms with Gasteiger partial charge in [-0.2, -0.15) is 5.10 Å². The number of nitrogens with one attached hydrogen (secondary N) is 2. The van der Waals surface area contributed by atoms with Gasteiger partial charge in [0.05, 0.1) is 6.20 Å². The zero-order valence-corrected chi connectivity index (χ0v) is 9.93. The number of carbonyl (C=O) groups is 1. The Morgan fingerprint density at radius 3 is 2.47 bits per heavy atom. The van der Waals surface area contributed by atoms with Crippen LogP contribution in [0.2, 0.25) is 0 Å². The molecule has 0 saturated heterocycles. The standard InChI is InChI=1S/C12H10F3N3O/c1-6-7(5-17-18-6)4-16-12(19)11-9(14)2-8(13)3-10(11)15/h2-3,5H,4H2,1H3,(H,16,19)(H,17,18). The lowest BCUT2D eigenvalue weighted by atomic mass is 10.1. The Balaban J connectivity index is 2.15. The molecule has 4 nitrogen and oxygen atoms in total. The van der Waals surface area contributed by atoms with Crippen LogP contribution in [0.4, 0.5) is 13.2 Å². The SMILES string of the molecule is Cc1[nH]ncc1CNC(=O)c1c(F)cc(F)cc1F. The maximum Gasteiger partial charge on any atom is 0.257 e. The molecule has 1 aromatic carbocycles. The molecule has 19 heavy (non-hydrogen) atoms. The van der Waals surface area contributed by atoms with Crippen LogP contribution in [-0.4, -0.2) is 16.1 Å². The number of carbonyl (C=O) groups excluding carboxylic acids is 1. The van der Waals surface area contributed by atoms with E-state index in [9.17, 15) is 18.0 Å². The van der Waals surface area contributed by atoms with Gasteiger partial charge in [0, 0.05) is 29.9 Å². The van der Waals surface area contributed by atoms with Crippen molar-refractivity contribution in [2.24, 2.45) is 0 Å². The molecule has 0 spiro atoms. The summed E-state index contributed by atoms with van der Waals surface area (Å²) in [5, 5.41) is 8.75. The minimum atomic E-state index is -1.24. The van der Waals surface area contributed by atoms with Gasteiger partial charge in [-0.25, -0.2) is 13.2 Å². The first-order valence-corrected chi connectivity index (χ1v) is 5.40. The molecule has 0 saturated carbocycles. The Morgan fingerprint density at radius 1 is 1.32 bits per heavy atom. The molecule has 2 N–H and O–H groups in total. The van der Waals surface area contributed by atoms with Gasteiger partial charge in [0.25, 0.3) is 5.91 Å². The summed E-state index contributed by atoms with van der Waals surface area (Å²) >= 11 is 0. The van der Waals surface area contributed by atoms with Crippen LogP contribution in [0.5, 0.6) is 0 Å². The van der Waals surface area contributed by atoms with Crippen LogP contribution in [-0.2, 0) is 6.54 Å². The lowest BCUT2D eigenvalue weighted by molar-refractivity contribution is 0.0942. The van der Waals surface area contributed by atoms with E-state index in [4.69, 9.17) is 0 Å². The van der Waals surface area contributed by atoms with Gasteiger partial charge in [-0.3, -0.25) is 9.89 Å². The van der Waals surface area contributed by atoms with Crippen LogP contribution < -0.4 is 5.32 Å². The molecule has 1 heterocycles. The number of H-pyrrole nitrogens is 1. The highest BCUT2D eigenvalue weighted by atomic mass is 19.1. The molecule has 0 bridgehead atoms. The van der Waals surface area contributed by atoms with Gasteiger partial charge in [0.2, 0.25) is 0 Å². The average Bonchev–Trinajstić information content (AvgIpc) is 2.70. The van der Waals surface area contributed by atoms with Crippen molar-refractivity contribution in [3.63, 3.8) is 0 Å². The van der Waals surface area contributed by atoms with Gasteiger partial charge in [0.1, 0.15) is 23.0 Å². The molecule has 0 aliphatic heterocycles. The maximum atomic E-state index is 13.3. The summed E-state index contributed by atoms with van der Waals surface area (Å²) < 4.78 is 39.4. The zero-order chi connectivity index (χ0) is 14.0. The Bertz CT molecular complexity index is 601. The smallest absolute Gasteiger partial charge is 0.257 e. The molecular weight excluding hydrogens is 259 g/mol. The first kappa shape index (κ1) is 13.1. The molecular formula is C12H10F3N3O. The van der Waals surface area contributed by atoms with Gasteiger partial charge >= 0.3 is 0 Å². The Kier molecular flexibility index (Phi) is 3.55. The van der Waals surface area contributed by atoms with Crippen molar-refractivity contribution in [3.05, 3.63) is 52.6 Å². The van der Waals surface area contributed by atoms with Crippen molar-refractivity contribution >= 4 is 5.91 Å². The molecule has 0 aliphatic carbocycles. The minimum Gasteiger partial charge on any atom is -0.348 e. The van der Waals surface area contributed by atoms with Crippen molar-refractivity contribution < 1.29 is 18.0 Å². The third kappa shape index (κ3) is 2.75. The van der Waals surface area contributed by atoms with Gasteiger partial charge < -0.3 is 5.32 Å². The lowest BCUT2D eigenvalue weighted by Gasteiger charge is -2.06. The fourth-order valence-electron chi connectivity index (χ4n) is 1.58. The predicted molar refractivity (Wildman–Crippen MR) is 60.8 cm³/mol. The van der Waals surface area contributed by atoms with Crippen LogP contribution in [0.25, 0.3) is 0 Å². The molecule has 1 aromatic heterocycles. The van der Waals surface area contributed by atoms with E-state index in [2.05, 4.69) is 15.5 Å². The van der Waals surface area contributed by atoms with Crippen LogP contribution in [0.1, 0.15) is 21.6 Å². The summed E-state index contributed by atoms with van der Waals surface area (Å²) in [5.41, 5.74) is 0.624. The van der Waals surface area contributed by atoms with Crippen molar-refractivity contribution in [1.29, 1.82) is 0 Å². The van der Waals surface area contributed by atoms with Crippen molar-refractivity contribution in [1.82, 2.24) is 15.5 Å². The second kappa shape index (κ2) is 5.13. The molecule has 0 atom stereocenters. The minimum absolute atomic E-state index is 0.0669. The molecule has 0 aliphatic rings. The molecule has 2 aromatic rings. The normalized spacial score (nSPS) is 10.5. The topological polar surface area (TPSA) is 57.8 Å². The summed E-state index contributed by atoms with van der Waals surface area (Å²) in [5.74, 6) is -4.49. The highest BCUT2D eigenvalue weighted by Gasteiger charge is 2.18. The van der Waals surface area contributed by atoms with Gasteiger partial charge in [0.15, 0.2) is 0 Å². The van der Waals surface area contributed by atoms with E-state index in [0.717, 1.165) is 5.69 Å². The number of hydrogen-bond donors (Lipinski definition) is 2. The van der Waals surface area contributed by atoms with Crippen molar-refractivity contribution in [2.45, 2.75) is 13.5 Å². The predicted octanol–water partition coefficient (Wildman–Crippen LogP) is 2.07. The van der Waals surface area contributed by atoms with E-state index in [1.54, 1.807) is 6.92 Å². The van der Waals surface area contributed by atoms with Gasteiger partial charge in [-0.05, 0) is 6.92 Å². The monoisotopic (exact) mass is 269 g/mol. The first-order valence-electron chi connectivity index (χ1n) is 5.40. The Morgan fingerprint density at radius 2 is 1.95 bits per heavy atom. The first-order chi connectivity index (χ1) is 8.99. The highest BCUT2D eigenvalue weighted by Crippen LogP contribution is 2.15. The quantitative estimate of drug-likeness (QED) is 0.896. The number of amides is 1. The average molecular weight is 269 g/mol. The van der Waals surface area contributed by atoms with E-state index in [1.807, 2.05) is 0 Å². The third-order valence-electron chi connectivity index (χ3n) is 2.61. The van der Waals surface area contributed by atoms with Gasteiger partial charge in [-0.1, -0.05) is 0 Å². The fourth-order valence-corrected chi connectivity index (χ4v) is 1.58. The summed E-state index contributed by atoms with van der Waals surface area (Å²) in [7, 11) is 0. The van der Waals surface area contributed by atoms with E-state index < -0.39 is 28.9 Å². The largest absolute Gasteiger partial charge is 0.348 e. The zero-order valence-electron chi connectivity index (χ0n) is 9.93. The summed E-state index contributed by atoms with van der Waals surface area (Å²) in [6, 6.07) is 0.919. The molecule has 0 radical (unpaired) electrons. The van der Waals surface area contributed by atoms with E-state index in [1.165, 1.54) is 6.20 Å². The molecule has 0 unspecified atom stereocenters. The number of aryl methyl sites for hydroxylation is 1. The van der Waals surface area contributed by atoms with Crippen LogP contribution in [0, 0.1) is 24.4 Å². The molecule has 7 heteroatoms. The molecule has 0 fully saturated rings. The summed E-state index contributed by atoms with van der Waals surface area (Å²) in [6.07, 6.45) is 1.49. The van der Waals surface area contributed by atoms with Crippen molar-refractivity contribution in [2.75, 3.05) is 0 Å². The second-order valence-electron chi connectivity index (χ2n) is 3.95. The summed E-state index contributed by atoms with van der Waals surface area (Å²) in [6.45, 7) is 1.81. The third-order valence-corrected chi connectivity index (χ3v) is 2.61. The number of halogens is 3. The van der Waals surface area contributed by atoms with E-state index in [-0.39, 0.29) is 6.54 Å². The van der Waals surface area contributed by atoms with Gasteiger partial charge in [-0.15, -0.1) is 0 Å². The number of aromatic nitrogens is 2. The van der Waals surface area contributed by atoms with Crippen LogP contribution in [0.3, 0.4) is 0 Å². The van der Waals surface area contributed by atoms with E-state index >= 15 is 0 Å². The Labute approximate surface area is 106 Å². The van der Waals surface area contributed by atoms with Crippen LogP contribution >= 0.6 is 0 Å². The highest BCUT2D eigenvalue weighted by molar-refractivity contribution is 5.94. The summed E-state index contributed by atoms with van der Waals surface area (Å²) in [4.78, 5) is 11.7. The molecule has 1 amide bonds. The van der Waals surface area contributed by atoms with Crippen LogP contribution in [0.15, 0.2) is 18.3 Å². The van der Waals surface area contributed by atoms with E-state index in [0.29, 0.717) is 17.7 Å². The fraction of sp³-hybridized carbons (Fsp3) is 0.167. The molecule has 100 valence electrons. The lowest BCUT2D eigenvalue weighted by Crippen LogP contribution is -2.25. The molecule has 2 rings (SSSR count). The van der Waals surface area contributed by atoms with Crippen molar-refractivity contribution in [3.8, 4) is 0 Å².